The molecule has 0 amide bonds. The molecule has 170 valence electrons. The second-order valence-electron chi connectivity index (χ2n) is 8.05. The first-order valence-corrected chi connectivity index (χ1v) is 11.6. The highest BCUT2D eigenvalue weighted by molar-refractivity contribution is 5.50. The quantitative estimate of drug-likeness (QED) is 0.454. The Morgan fingerprint density at radius 1 is 0.839 bits per heavy atom. The molecular formula is C26H37NO4. The zero-order chi connectivity index (χ0) is 22.1. The summed E-state index contributed by atoms with van der Waals surface area (Å²) in [5.74, 6) is 3.27. The number of fused-ring (bicyclic) bond motifs is 1. The molecule has 5 nitrogen and oxygen atoms in total. The Hall–Kier alpha value is -2.40. The van der Waals surface area contributed by atoms with Gasteiger partial charge in [-0.25, -0.2) is 0 Å². The van der Waals surface area contributed by atoms with Crippen molar-refractivity contribution in [3.05, 3.63) is 47.0 Å². The van der Waals surface area contributed by atoms with Crippen molar-refractivity contribution in [3.8, 4) is 23.0 Å². The number of hydrogen-bond acceptors (Lipinski definition) is 5. The van der Waals surface area contributed by atoms with E-state index >= 15 is 0 Å². The third-order valence-electron chi connectivity index (χ3n) is 5.76. The lowest BCUT2D eigenvalue weighted by atomic mass is 9.89. The molecule has 0 bridgehead atoms. The van der Waals surface area contributed by atoms with Crippen LogP contribution in [-0.2, 0) is 12.8 Å². The summed E-state index contributed by atoms with van der Waals surface area (Å²) < 4.78 is 23.1. The lowest BCUT2D eigenvalue weighted by molar-refractivity contribution is 0.286. The number of benzene rings is 2. The average Bonchev–Trinajstić information content (AvgIpc) is 2.80. The number of ether oxygens (including phenoxy) is 4. The van der Waals surface area contributed by atoms with Gasteiger partial charge in [0.1, 0.15) is 0 Å². The van der Waals surface area contributed by atoms with Crippen LogP contribution in [0.5, 0.6) is 23.0 Å². The maximum absolute atomic E-state index is 6.04. The third-order valence-corrected chi connectivity index (χ3v) is 5.76. The normalized spacial score (nSPS) is 15.3. The van der Waals surface area contributed by atoms with E-state index in [2.05, 4.69) is 43.4 Å². The van der Waals surface area contributed by atoms with E-state index < -0.39 is 0 Å². The van der Waals surface area contributed by atoms with Crippen LogP contribution < -0.4 is 24.3 Å². The Morgan fingerprint density at radius 3 is 2.19 bits per heavy atom. The average molecular weight is 428 g/mol. The minimum Gasteiger partial charge on any atom is -0.493 e. The predicted molar refractivity (Wildman–Crippen MR) is 125 cm³/mol. The van der Waals surface area contributed by atoms with Crippen LogP contribution in [0.15, 0.2) is 30.3 Å². The number of rotatable bonds is 12. The van der Waals surface area contributed by atoms with Gasteiger partial charge in [0.05, 0.1) is 27.4 Å². The molecule has 2 aromatic rings. The predicted octanol–water partition coefficient (Wildman–Crippen LogP) is 5.49. The van der Waals surface area contributed by atoms with Crippen molar-refractivity contribution < 1.29 is 18.9 Å². The Morgan fingerprint density at radius 2 is 1.52 bits per heavy atom. The minimum absolute atomic E-state index is 0.222. The Balaban J connectivity index is 1.79. The van der Waals surface area contributed by atoms with Crippen LogP contribution in [-0.4, -0.2) is 34.0 Å². The van der Waals surface area contributed by atoms with Crippen molar-refractivity contribution in [1.82, 2.24) is 5.32 Å². The van der Waals surface area contributed by atoms with E-state index in [1.807, 2.05) is 6.07 Å². The van der Waals surface area contributed by atoms with Crippen LogP contribution in [0.1, 0.15) is 62.3 Å². The zero-order valence-electron chi connectivity index (χ0n) is 19.5. The first kappa shape index (κ1) is 23.3. The van der Waals surface area contributed by atoms with Crippen LogP contribution >= 0.6 is 0 Å². The highest BCUT2D eigenvalue weighted by Gasteiger charge is 2.23. The fourth-order valence-electron chi connectivity index (χ4n) is 3.95. The molecule has 0 fully saturated rings. The molecule has 3 rings (SSSR count). The summed E-state index contributed by atoms with van der Waals surface area (Å²) in [5.41, 5.74) is 3.84. The lowest BCUT2D eigenvalue weighted by Crippen LogP contribution is -2.31. The lowest BCUT2D eigenvalue weighted by Gasteiger charge is -2.28. The van der Waals surface area contributed by atoms with Gasteiger partial charge in [-0.3, -0.25) is 0 Å². The van der Waals surface area contributed by atoms with Crippen LogP contribution in [0, 0.1) is 0 Å². The first-order valence-electron chi connectivity index (χ1n) is 11.6. The van der Waals surface area contributed by atoms with Gasteiger partial charge in [-0.05, 0) is 73.2 Å². The van der Waals surface area contributed by atoms with Crippen LogP contribution in [0.2, 0.25) is 0 Å². The van der Waals surface area contributed by atoms with Gasteiger partial charge in [-0.1, -0.05) is 32.8 Å². The number of unbranched alkanes of at least 4 members (excludes halogenated alkanes) is 2. The minimum atomic E-state index is 0.222. The van der Waals surface area contributed by atoms with Crippen LogP contribution in [0.25, 0.3) is 0 Å². The van der Waals surface area contributed by atoms with E-state index in [4.69, 9.17) is 18.9 Å². The molecule has 0 saturated heterocycles. The Kier molecular flexibility index (Phi) is 8.89. The van der Waals surface area contributed by atoms with E-state index in [1.54, 1.807) is 14.2 Å². The van der Waals surface area contributed by atoms with Crippen molar-refractivity contribution in [2.24, 2.45) is 0 Å². The largest absolute Gasteiger partial charge is 0.493 e. The molecule has 1 heterocycles. The summed E-state index contributed by atoms with van der Waals surface area (Å²) in [7, 11) is 3.41. The molecule has 0 radical (unpaired) electrons. The van der Waals surface area contributed by atoms with Gasteiger partial charge in [0.2, 0.25) is 0 Å². The van der Waals surface area contributed by atoms with E-state index in [9.17, 15) is 0 Å². The summed E-state index contributed by atoms with van der Waals surface area (Å²) in [6.07, 6.45) is 6.16. The van der Waals surface area contributed by atoms with Gasteiger partial charge in [0.15, 0.2) is 23.0 Å². The molecule has 0 saturated carbocycles. The third kappa shape index (κ3) is 6.07. The van der Waals surface area contributed by atoms with Crippen molar-refractivity contribution in [1.29, 1.82) is 0 Å². The van der Waals surface area contributed by atoms with Crippen molar-refractivity contribution in [3.63, 3.8) is 0 Å². The van der Waals surface area contributed by atoms with Gasteiger partial charge >= 0.3 is 0 Å². The molecule has 5 heteroatoms. The second-order valence-corrected chi connectivity index (χ2v) is 8.05. The van der Waals surface area contributed by atoms with E-state index in [1.165, 1.54) is 16.7 Å². The molecule has 0 aromatic heterocycles. The Bertz CT molecular complexity index is 836. The molecular weight excluding hydrogens is 390 g/mol. The summed E-state index contributed by atoms with van der Waals surface area (Å²) in [4.78, 5) is 0. The topological polar surface area (TPSA) is 49.0 Å². The fraction of sp³-hybridized carbons (Fsp3) is 0.538. The van der Waals surface area contributed by atoms with Crippen molar-refractivity contribution in [2.45, 2.75) is 58.4 Å². The zero-order valence-corrected chi connectivity index (χ0v) is 19.5. The van der Waals surface area contributed by atoms with Gasteiger partial charge < -0.3 is 24.3 Å². The molecule has 0 aliphatic carbocycles. The molecule has 31 heavy (non-hydrogen) atoms. The standard InChI is InChI=1S/C26H37NO4/c1-5-7-13-30-23-10-9-19(16-24(23)28-3)15-22-21-18-26(31-14-8-6-2)25(29-4)17-20(21)11-12-27-22/h9-10,16-18,22,27H,5-8,11-15H2,1-4H3/t22-/m1/s1. The SMILES string of the molecule is CCCCOc1ccc(C[C@H]2NCCc3cc(OC)c(OCCCC)cc32)cc1OC. The summed E-state index contributed by atoms with van der Waals surface area (Å²) in [6, 6.07) is 10.8. The molecule has 0 spiro atoms. The van der Waals surface area contributed by atoms with Crippen LogP contribution in [0.3, 0.4) is 0 Å². The van der Waals surface area contributed by atoms with E-state index in [0.717, 1.165) is 68.1 Å². The summed E-state index contributed by atoms with van der Waals surface area (Å²) in [5, 5.41) is 3.68. The first-order chi connectivity index (χ1) is 15.2. The summed E-state index contributed by atoms with van der Waals surface area (Å²) in [6.45, 7) is 6.70. The summed E-state index contributed by atoms with van der Waals surface area (Å²) >= 11 is 0. The molecule has 1 aliphatic heterocycles. The molecule has 1 aliphatic rings. The second kappa shape index (κ2) is 11.8. The highest BCUT2D eigenvalue weighted by atomic mass is 16.5. The smallest absolute Gasteiger partial charge is 0.161 e. The maximum Gasteiger partial charge on any atom is 0.161 e. The number of methoxy groups -OCH3 is 2. The van der Waals surface area contributed by atoms with E-state index in [0.29, 0.717) is 13.2 Å². The molecule has 1 N–H and O–H groups in total. The van der Waals surface area contributed by atoms with Gasteiger partial charge in [0.25, 0.3) is 0 Å². The van der Waals surface area contributed by atoms with Crippen molar-refractivity contribution >= 4 is 0 Å². The van der Waals surface area contributed by atoms with Gasteiger partial charge in [0, 0.05) is 6.04 Å². The van der Waals surface area contributed by atoms with Gasteiger partial charge in [-0.15, -0.1) is 0 Å². The molecule has 2 aromatic carbocycles. The van der Waals surface area contributed by atoms with Crippen LogP contribution in [0.4, 0.5) is 0 Å². The molecule has 0 unspecified atom stereocenters. The number of nitrogens with one attached hydrogen (secondary N) is 1. The maximum atomic E-state index is 6.04. The molecule has 1 atom stereocenters. The monoisotopic (exact) mass is 427 g/mol. The highest BCUT2D eigenvalue weighted by Crippen LogP contribution is 2.37. The van der Waals surface area contributed by atoms with Crippen molar-refractivity contribution in [2.75, 3.05) is 34.0 Å². The Labute approximate surface area is 187 Å². The van der Waals surface area contributed by atoms with E-state index in [-0.39, 0.29) is 6.04 Å². The van der Waals surface area contributed by atoms with Gasteiger partial charge in [-0.2, -0.15) is 0 Å². The number of hydrogen-bond donors (Lipinski definition) is 1. The fourth-order valence-corrected chi connectivity index (χ4v) is 3.95.